The molecule has 1 N–H and O–H groups in total. The monoisotopic (exact) mass is 199 g/mol. The number of hydrogen-bond donors (Lipinski definition) is 1. The molecular weight excluding hydrogens is 174 g/mol. The molecule has 84 valence electrons. The molecule has 1 unspecified atom stereocenters. The summed E-state index contributed by atoms with van der Waals surface area (Å²) in [6, 6.07) is 0.592. The third-order valence-electron chi connectivity index (χ3n) is 3.28. The molecule has 0 aromatic rings. The average Bonchev–Trinajstić information content (AvgIpc) is 2.71. The van der Waals surface area contributed by atoms with Crippen LogP contribution in [0.5, 0.6) is 0 Å². The van der Waals surface area contributed by atoms with E-state index in [1.807, 2.05) is 0 Å². The Labute approximate surface area is 88.4 Å². The van der Waals surface area contributed by atoms with Gasteiger partial charge in [0, 0.05) is 12.6 Å². The maximum absolute atomic E-state index is 5.68. The molecule has 0 bridgehead atoms. The third kappa shape index (κ3) is 3.97. The van der Waals surface area contributed by atoms with E-state index in [1.54, 1.807) is 0 Å². The fourth-order valence-corrected chi connectivity index (χ4v) is 2.27. The molecule has 0 aliphatic heterocycles. The van der Waals surface area contributed by atoms with Crippen LogP contribution in [0.2, 0.25) is 0 Å². The van der Waals surface area contributed by atoms with Gasteiger partial charge in [0.05, 0.1) is 6.61 Å². The van der Waals surface area contributed by atoms with Crippen LogP contribution in [-0.4, -0.2) is 26.3 Å². The summed E-state index contributed by atoms with van der Waals surface area (Å²) in [5.41, 5.74) is 0. The van der Waals surface area contributed by atoms with Gasteiger partial charge in [-0.3, -0.25) is 0 Å². The molecule has 0 heterocycles. The first kappa shape index (κ1) is 12.0. The lowest BCUT2D eigenvalue weighted by atomic mass is 9.99. The van der Waals surface area contributed by atoms with Crippen LogP contribution < -0.4 is 5.32 Å². The average molecular weight is 199 g/mol. The van der Waals surface area contributed by atoms with E-state index in [9.17, 15) is 0 Å². The number of unbranched alkanes of at least 4 members (excludes halogenated alkanes) is 1. The zero-order valence-electron chi connectivity index (χ0n) is 9.72. The standard InChI is InChI=1S/C12H25NO/c1-3-4-9-14-10-12(13-2)11-7-5-6-8-11/h11-13H,3-10H2,1-2H3. The van der Waals surface area contributed by atoms with E-state index in [0.29, 0.717) is 6.04 Å². The number of nitrogens with one attached hydrogen (secondary N) is 1. The molecule has 2 nitrogen and oxygen atoms in total. The smallest absolute Gasteiger partial charge is 0.0622 e. The third-order valence-corrected chi connectivity index (χ3v) is 3.28. The second-order valence-electron chi connectivity index (χ2n) is 4.37. The Balaban J connectivity index is 2.11. The van der Waals surface area contributed by atoms with Gasteiger partial charge >= 0.3 is 0 Å². The Hall–Kier alpha value is -0.0800. The lowest BCUT2D eigenvalue weighted by Crippen LogP contribution is -2.36. The van der Waals surface area contributed by atoms with Crippen molar-refractivity contribution in [2.45, 2.75) is 51.5 Å². The van der Waals surface area contributed by atoms with Gasteiger partial charge in [-0.15, -0.1) is 0 Å². The summed E-state index contributed by atoms with van der Waals surface area (Å²) >= 11 is 0. The van der Waals surface area contributed by atoms with Crippen molar-refractivity contribution in [3.05, 3.63) is 0 Å². The van der Waals surface area contributed by atoms with Crippen LogP contribution in [0.3, 0.4) is 0 Å². The first-order valence-electron chi connectivity index (χ1n) is 6.13. The molecule has 1 rings (SSSR count). The van der Waals surface area contributed by atoms with Gasteiger partial charge in [-0.2, -0.15) is 0 Å². The lowest BCUT2D eigenvalue weighted by molar-refractivity contribution is 0.0940. The van der Waals surface area contributed by atoms with Crippen LogP contribution in [0.1, 0.15) is 45.4 Å². The Morgan fingerprint density at radius 3 is 2.64 bits per heavy atom. The molecule has 0 aromatic carbocycles. The molecule has 0 radical (unpaired) electrons. The van der Waals surface area contributed by atoms with Gasteiger partial charge in [-0.25, -0.2) is 0 Å². The first-order valence-corrected chi connectivity index (χ1v) is 6.13. The largest absolute Gasteiger partial charge is 0.380 e. The SMILES string of the molecule is CCCCOCC(NC)C1CCCC1. The van der Waals surface area contributed by atoms with Gasteiger partial charge < -0.3 is 10.1 Å². The van der Waals surface area contributed by atoms with E-state index >= 15 is 0 Å². The van der Waals surface area contributed by atoms with Crippen LogP contribution in [0.25, 0.3) is 0 Å². The minimum Gasteiger partial charge on any atom is -0.380 e. The summed E-state index contributed by atoms with van der Waals surface area (Å²) in [5, 5.41) is 3.40. The molecule has 1 aliphatic rings. The molecule has 2 heteroatoms. The molecule has 14 heavy (non-hydrogen) atoms. The Morgan fingerprint density at radius 2 is 2.07 bits per heavy atom. The number of likely N-dealkylation sites (N-methyl/N-ethyl adjacent to an activating group) is 1. The van der Waals surface area contributed by atoms with Crippen molar-refractivity contribution in [2.24, 2.45) is 5.92 Å². The molecule has 0 aromatic heterocycles. The van der Waals surface area contributed by atoms with Crippen molar-refractivity contribution < 1.29 is 4.74 Å². The van der Waals surface area contributed by atoms with Gasteiger partial charge in [-0.05, 0) is 32.2 Å². The Bertz CT molecular complexity index is 132. The summed E-state index contributed by atoms with van der Waals surface area (Å²) in [4.78, 5) is 0. The predicted molar refractivity (Wildman–Crippen MR) is 60.5 cm³/mol. The molecular formula is C12H25NO. The van der Waals surface area contributed by atoms with E-state index in [1.165, 1.54) is 38.5 Å². The molecule has 0 spiro atoms. The van der Waals surface area contributed by atoms with Crippen LogP contribution in [-0.2, 0) is 4.74 Å². The van der Waals surface area contributed by atoms with E-state index in [-0.39, 0.29) is 0 Å². The van der Waals surface area contributed by atoms with Gasteiger partial charge in [0.15, 0.2) is 0 Å². The molecule has 0 saturated heterocycles. The predicted octanol–water partition coefficient (Wildman–Crippen LogP) is 2.58. The fraction of sp³-hybridized carbons (Fsp3) is 1.00. The molecule has 1 aliphatic carbocycles. The maximum atomic E-state index is 5.68. The Morgan fingerprint density at radius 1 is 1.36 bits per heavy atom. The highest BCUT2D eigenvalue weighted by Crippen LogP contribution is 2.27. The summed E-state index contributed by atoms with van der Waals surface area (Å²) < 4.78 is 5.68. The van der Waals surface area contributed by atoms with Gasteiger partial charge in [0.25, 0.3) is 0 Å². The minimum absolute atomic E-state index is 0.592. The normalized spacial score (nSPS) is 20.1. The molecule has 0 amide bonds. The van der Waals surface area contributed by atoms with Crippen LogP contribution >= 0.6 is 0 Å². The highest BCUT2D eigenvalue weighted by molar-refractivity contribution is 4.79. The zero-order valence-corrected chi connectivity index (χ0v) is 9.72. The summed E-state index contributed by atoms with van der Waals surface area (Å²) in [7, 11) is 2.06. The van der Waals surface area contributed by atoms with E-state index < -0.39 is 0 Å². The van der Waals surface area contributed by atoms with Gasteiger partial charge in [0.1, 0.15) is 0 Å². The maximum Gasteiger partial charge on any atom is 0.0622 e. The van der Waals surface area contributed by atoms with Gasteiger partial charge in [-0.1, -0.05) is 26.2 Å². The number of rotatable bonds is 7. The topological polar surface area (TPSA) is 21.3 Å². The van der Waals surface area contributed by atoms with Crippen molar-refractivity contribution in [2.75, 3.05) is 20.3 Å². The number of hydrogen-bond acceptors (Lipinski definition) is 2. The summed E-state index contributed by atoms with van der Waals surface area (Å²) in [5.74, 6) is 0.863. The summed E-state index contributed by atoms with van der Waals surface area (Å²) in [6.07, 6.45) is 8.04. The van der Waals surface area contributed by atoms with Crippen LogP contribution in [0.15, 0.2) is 0 Å². The van der Waals surface area contributed by atoms with E-state index in [2.05, 4.69) is 19.3 Å². The minimum atomic E-state index is 0.592. The van der Waals surface area contributed by atoms with Crippen molar-refractivity contribution in [3.63, 3.8) is 0 Å². The zero-order chi connectivity index (χ0) is 10.2. The summed E-state index contributed by atoms with van der Waals surface area (Å²) in [6.45, 7) is 4.04. The number of ether oxygens (including phenoxy) is 1. The second kappa shape index (κ2) is 7.24. The van der Waals surface area contributed by atoms with Crippen molar-refractivity contribution in [1.82, 2.24) is 5.32 Å². The first-order chi connectivity index (χ1) is 6.88. The quantitative estimate of drug-likeness (QED) is 0.636. The molecule has 1 fully saturated rings. The van der Waals surface area contributed by atoms with E-state index in [0.717, 1.165) is 19.1 Å². The molecule has 1 saturated carbocycles. The van der Waals surface area contributed by atoms with Gasteiger partial charge in [0.2, 0.25) is 0 Å². The second-order valence-corrected chi connectivity index (χ2v) is 4.37. The van der Waals surface area contributed by atoms with Crippen LogP contribution in [0.4, 0.5) is 0 Å². The molecule has 1 atom stereocenters. The van der Waals surface area contributed by atoms with E-state index in [4.69, 9.17) is 4.74 Å². The van der Waals surface area contributed by atoms with Crippen LogP contribution in [0, 0.1) is 5.92 Å². The highest BCUT2D eigenvalue weighted by Gasteiger charge is 2.23. The Kier molecular flexibility index (Phi) is 6.20. The fourth-order valence-electron chi connectivity index (χ4n) is 2.27. The lowest BCUT2D eigenvalue weighted by Gasteiger charge is -2.22. The van der Waals surface area contributed by atoms with Crippen molar-refractivity contribution in [1.29, 1.82) is 0 Å². The van der Waals surface area contributed by atoms with Crippen molar-refractivity contribution in [3.8, 4) is 0 Å². The highest BCUT2D eigenvalue weighted by atomic mass is 16.5. The van der Waals surface area contributed by atoms with Crippen molar-refractivity contribution >= 4 is 0 Å².